The summed E-state index contributed by atoms with van der Waals surface area (Å²) in [4.78, 5) is 7.54. The van der Waals surface area contributed by atoms with Crippen LogP contribution in [0.25, 0.3) is 0 Å². The lowest BCUT2D eigenvalue weighted by molar-refractivity contribution is 0.908. The largest absolute Gasteiger partial charge is 0.354 e. The summed E-state index contributed by atoms with van der Waals surface area (Å²) in [6.45, 7) is 0.768. The smallest absolute Gasteiger partial charge is 0.143 e. The van der Waals surface area contributed by atoms with Gasteiger partial charge in [-0.3, -0.25) is 0 Å². The van der Waals surface area contributed by atoms with E-state index in [1.165, 1.54) is 4.88 Å². The average Bonchev–Trinajstić information content (AvgIpc) is 2.63. The van der Waals surface area contributed by atoms with Crippen molar-refractivity contribution in [2.24, 2.45) is 0 Å². The maximum Gasteiger partial charge on any atom is 0.143 e. The summed E-state index contributed by atoms with van der Waals surface area (Å²) >= 11 is 16.8. The standard InChI is InChI=1S/C11H9BrCl2N2S/c1-16(6-8-2-3-10(14)17-8)11-9(12)4-7(13)5-15-11/h2-5H,6H2,1H3. The highest BCUT2D eigenvalue weighted by molar-refractivity contribution is 9.10. The molecule has 0 aliphatic carbocycles. The number of rotatable bonds is 3. The zero-order valence-corrected chi connectivity index (χ0v) is 12.9. The summed E-state index contributed by atoms with van der Waals surface area (Å²) in [5, 5.41) is 0.619. The van der Waals surface area contributed by atoms with Crippen molar-refractivity contribution < 1.29 is 0 Å². The fraction of sp³-hybridized carbons (Fsp3) is 0.182. The molecule has 0 saturated heterocycles. The molecule has 0 unspecified atom stereocenters. The number of pyridine rings is 1. The molecule has 2 heterocycles. The Labute approximate surface area is 122 Å². The first-order chi connectivity index (χ1) is 8.06. The quantitative estimate of drug-likeness (QED) is 0.785. The lowest BCUT2D eigenvalue weighted by Crippen LogP contribution is -2.17. The third kappa shape index (κ3) is 3.35. The summed E-state index contributed by atoms with van der Waals surface area (Å²) < 4.78 is 1.69. The highest BCUT2D eigenvalue weighted by Crippen LogP contribution is 2.28. The van der Waals surface area contributed by atoms with Crippen LogP contribution in [0.2, 0.25) is 9.36 Å². The Bertz CT molecular complexity index is 530. The molecule has 90 valence electrons. The number of hydrogen-bond acceptors (Lipinski definition) is 3. The first-order valence-electron chi connectivity index (χ1n) is 4.82. The second kappa shape index (κ2) is 5.57. The summed E-state index contributed by atoms with van der Waals surface area (Å²) in [5.74, 6) is 0.860. The first kappa shape index (κ1) is 13.1. The van der Waals surface area contributed by atoms with Gasteiger partial charge in [0.2, 0.25) is 0 Å². The van der Waals surface area contributed by atoms with Gasteiger partial charge in [0.05, 0.1) is 20.4 Å². The van der Waals surface area contributed by atoms with Crippen molar-refractivity contribution in [3.05, 3.63) is 43.1 Å². The molecule has 2 nitrogen and oxygen atoms in total. The minimum atomic E-state index is 0.619. The molecule has 17 heavy (non-hydrogen) atoms. The Morgan fingerprint density at radius 3 is 2.76 bits per heavy atom. The number of hydrogen-bond donors (Lipinski definition) is 0. The lowest BCUT2D eigenvalue weighted by Gasteiger charge is -2.18. The molecule has 2 aromatic rings. The van der Waals surface area contributed by atoms with E-state index in [0.29, 0.717) is 5.02 Å². The molecule has 0 N–H and O–H groups in total. The van der Waals surface area contributed by atoms with Crippen molar-refractivity contribution in [3.8, 4) is 0 Å². The van der Waals surface area contributed by atoms with Crippen molar-refractivity contribution >= 4 is 56.3 Å². The van der Waals surface area contributed by atoms with Crippen molar-refractivity contribution in [1.29, 1.82) is 0 Å². The van der Waals surface area contributed by atoms with Crippen LogP contribution in [-0.4, -0.2) is 12.0 Å². The van der Waals surface area contributed by atoms with Crippen LogP contribution in [0.3, 0.4) is 0 Å². The molecule has 0 spiro atoms. The van der Waals surface area contributed by atoms with E-state index in [1.54, 1.807) is 17.5 Å². The normalized spacial score (nSPS) is 10.6. The Morgan fingerprint density at radius 2 is 2.18 bits per heavy atom. The molecule has 0 aliphatic heterocycles. The van der Waals surface area contributed by atoms with E-state index in [-0.39, 0.29) is 0 Å². The molecule has 0 aromatic carbocycles. The Morgan fingerprint density at radius 1 is 1.41 bits per heavy atom. The third-order valence-corrected chi connectivity index (χ3v) is 4.18. The van der Waals surface area contributed by atoms with Gasteiger partial charge in [-0.05, 0) is 34.1 Å². The minimum Gasteiger partial charge on any atom is -0.354 e. The van der Waals surface area contributed by atoms with E-state index in [0.717, 1.165) is 21.2 Å². The highest BCUT2D eigenvalue weighted by atomic mass is 79.9. The van der Waals surface area contributed by atoms with Crippen LogP contribution in [0.5, 0.6) is 0 Å². The predicted molar refractivity (Wildman–Crippen MR) is 78.4 cm³/mol. The monoisotopic (exact) mass is 350 g/mol. The van der Waals surface area contributed by atoms with Crippen LogP contribution < -0.4 is 4.90 Å². The number of anilines is 1. The fourth-order valence-corrected chi connectivity index (χ4v) is 3.52. The maximum atomic E-state index is 5.90. The minimum absolute atomic E-state index is 0.619. The Balaban J connectivity index is 2.17. The highest BCUT2D eigenvalue weighted by Gasteiger charge is 2.09. The van der Waals surface area contributed by atoms with E-state index in [2.05, 4.69) is 20.9 Å². The van der Waals surface area contributed by atoms with Gasteiger partial charge in [-0.2, -0.15) is 0 Å². The Kier molecular flexibility index (Phi) is 4.31. The van der Waals surface area contributed by atoms with Gasteiger partial charge in [-0.25, -0.2) is 4.98 Å². The van der Waals surface area contributed by atoms with Crippen molar-refractivity contribution in [2.45, 2.75) is 6.54 Å². The van der Waals surface area contributed by atoms with Crippen LogP contribution in [0.4, 0.5) is 5.82 Å². The fourth-order valence-electron chi connectivity index (χ4n) is 1.43. The average molecular weight is 352 g/mol. The third-order valence-electron chi connectivity index (χ3n) is 2.17. The molecule has 0 fully saturated rings. The summed E-state index contributed by atoms with van der Waals surface area (Å²) in [5.41, 5.74) is 0. The summed E-state index contributed by atoms with van der Waals surface area (Å²) in [6.07, 6.45) is 1.64. The molecular weight excluding hydrogens is 343 g/mol. The maximum absolute atomic E-state index is 5.90. The molecule has 0 bridgehead atoms. The lowest BCUT2D eigenvalue weighted by atomic mass is 10.4. The molecule has 0 amide bonds. The number of thiophene rings is 1. The van der Waals surface area contributed by atoms with Crippen molar-refractivity contribution in [2.75, 3.05) is 11.9 Å². The zero-order valence-electron chi connectivity index (χ0n) is 8.95. The summed E-state index contributed by atoms with van der Waals surface area (Å²) in [7, 11) is 1.98. The van der Waals surface area contributed by atoms with Gasteiger partial charge in [-0.1, -0.05) is 23.2 Å². The molecule has 0 saturated carbocycles. The molecule has 0 atom stereocenters. The van der Waals surface area contributed by atoms with Crippen LogP contribution in [0, 0.1) is 0 Å². The van der Waals surface area contributed by atoms with Gasteiger partial charge in [0.1, 0.15) is 5.82 Å². The number of halogens is 3. The van der Waals surface area contributed by atoms with Crippen LogP contribution in [0.15, 0.2) is 28.9 Å². The van der Waals surface area contributed by atoms with Crippen LogP contribution >= 0.6 is 50.5 Å². The second-order valence-corrected chi connectivity index (χ2v) is 6.61. The van der Waals surface area contributed by atoms with E-state index < -0.39 is 0 Å². The SMILES string of the molecule is CN(Cc1ccc(Cl)s1)c1ncc(Cl)cc1Br. The molecule has 2 rings (SSSR count). The molecule has 0 radical (unpaired) electrons. The number of nitrogens with zero attached hydrogens (tertiary/aromatic N) is 2. The molecule has 0 aliphatic rings. The van der Waals surface area contributed by atoms with Gasteiger partial charge in [-0.15, -0.1) is 11.3 Å². The molecule has 2 aromatic heterocycles. The first-order valence-corrected chi connectivity index (χ1v) is 7.19. The van der Waals surface area contributed by atoms with E-state index in [1.807, 2.05) is 30.1 Å². The molecular formula is C11H9BrCl2N2S. The number of aromatic nitrogens is 1. The van der Waals surface area contributed by atoms with Gasteiger partial charge in [0.25, 0.3) is 0 Å². The van der Waals surface area contributed by atoms with Gasteiger partial charge in [0, 0.05) is 18.1 Å². The van der Waals surface area contributed by atoms with Gasteiger partial charge >= 0.3 is 0 Å². The summed E-state index contributed by atoms with van der Waals surface area (Å²) in [6, 6.07) is 5.76. The van der Waals surface area contributed by atoms with E-state index in [4.69, 9.17) is 23.2 Å². The van der Waals surface area contributed by atoms with Crippen molar-refractivity contribution in [3.63, 3.8) is 0 Å². The molecule has 6 heteroatoms. The van der Waals surface area contributed by atoms with Crippen molar-refractivity contribution in [1.82, 2.24) is 4.98 Å². The van der Waals surface area contributed by atoms with Crippen LogP contribution in [0.1, 0.15) is 4.88 Å². The second-order valence-electron chi connectivity index (χ2n) is 3.52. The zero-order chi connectivity index (χ0) is 12.4. The Hall–Kier alpha value is -0.290. The van der Waals surface area contributed by atoms with E-state index in [9.17, 15) is 0 Å². The predicted octanol–water partition coefficient (Wildman–Crippen LogP) is 4.85. The topological polar surface area (TPSA) is 16.1 Å². The van der Waals surface area contributed by atoms with Crippen LogP contribution in [-0.2, 0) is 6.54 Å². The van der Waals surface area contributed by atoms with Gasteiger partial charge < -0.3 is 4.90 Å². The van der Waals surface area contributed by atoms with Gasteiger partial charge in [0.15, 0.2) is 0 Å². The van der Waals surface area contributed by atoms with E-state index >= 15 is 0 Å².